The number of hydrogen-bond acceptors (Lipinski definition) is 4. The van der Waals surface area contributed by atoms with Crippen LogP contribution in [0.4, 0.5) is 11.4 Å². The third kappa shape index (κ3) is 5.10. The lowest BCUT2D eigenvalue weighted by Crippen LogP contribution is -2.52. The topological polar surface area (TPSA) is 76.9 Å². The van der Waals surface area contributed by atoms with Crippen molar-refractivity contribution in [1.29, 1.82) is 0 Å². The smallest absolute Gasteiger partial charge is 0.282 e. The van der Waals surface area contributed by atoms with Gasteiger partial charge in [-0.2, -0.15) is 17.0 Å². The molecule has 1 fully saturated rings. The number of piperidine rings is 1. The summed E-state index contributed by atoms with van der Waals surface area (Å²) in [4.78, 5) is 13.2. The van der Waals surface area contributed by atoms with Crippen molar-refractivity contribution in [2.75, 3.05) is 24.5 Å². The van der Waals surface area contributed by atoms with Crippen molar-refractivity contribution in [1.82, 2.24) is 18.6 Å². The standard InChI is InChI=1S/C26H30N6O2S/c1-27-23-10-11-26-22(15-23)17-32(35(33,34)31-12-6-3-7-13-31)25(14-21-8-4-2-5-9-21)19-30(26)18-24-16-28-20-29-24/h2,4-5,8-11,15-16,20,25H,3,6-7,12-14,17-19H2,(H,28,29)/t25-/m1/s1. The predicted octanol–water partition coefficient (Wildman–Crippen LogP) is 4.12. The number of anilines is 1. The first-order valence-corrected chi connectivity index (χ1v) is 13.5. The molecule has 8 nitrogen and oxygen atoms in total. The van der Waals surface area contributed by atoms with Gasteiger partial charge in [-0.25, -0.2) is 9.83 Å². The fourth-order valence-corrected chi connectivity index (χ4v) is 6.95. The average Bonchev–Trinajstić information content (AvgIpc) is 3.35. The molecular formula is C26H30N6O2S. The van der Waals surface area contributed by atoms with Gasteiger partial charge in [0.2, 0.25) is 0 Å². The Balaban J connectivity index is 1.58. The van der Waals surface area contributed by atoms with E-state index in [4.69, 9.17) is 6.57 Å². The first-order chi connectivity index (χ1) is 17.0. The summed E-state index contributed by atoms with van der Waals surface area (Å²) >= 11 is 0. The van der Waals surface area contributed by atoms with Crippen LogP contribution >= 0.6 is 0 Å². The molecule has 2 aromatic carbocycles. The number of aromatic nitrogens is 2. The van der Waals surface area contributed by atoms with Gasteiger partial charge in [-0.05, 0) is 42.5 Å². The number of benzene rings is 2. The van der Waals surface area contributed by atoms with E-state index >= 15 is 0 Å². The molecule has 0 spiro atoms. The van der Waals surface area contributed by atoms with Gasteiger partial charge in [0.15, 0.2) is 5.69 Å². The Labute approximate surface area is 207 Å². The van der Waals surface area contributed by atoms with Gasteiger partial charge in [0.05, 0.1) is 25.1 Å². The van der Waals surface area contributed by atoms with Crippen molar-refractivity contribution < 1.29 is 8.42 Å². The zero-order chi connectivity index (χ0) is 24.3. The van der Waals surface area contributed by atoms with Crippen LogP contribution in [0.5, 0.6) is 0 Å². The Morgan fingerprint density at radius 2 is 1.89 bits per heavy atom. The Bertz CT molecular complexity index is 1280. The number of aromatic amines is 1. The summed E-state index contributed by atoms with van der Waals surface area (Å²) in [5, 5.41) is 0. The second kappa shape index (κ2) is 10.2. The highest BCUT2D eigenvalue weighted by Crippen LogP contribution is 2.34. The van der Waals surface area contributed by atoms with E-state index in [1.807, 2.05) is 36.4 Å². The second-order valence-electron chi connectivity index (χ2n) is 9.24. The number of H-pyrrole nitrogens is 1. The van der Waals surface area contributed by atoms with Crippen molar-refractivity contribution in [3.8, 4) is 0 Å². The molecule has 9 heteroatoms. The molecule has 182 valence electrons. The lowest BCUT2D eigenvalue weighted by Gasteiger charge is -2.36. The summed E-state index contributed by atoms with van der Waals surface area (Å²) in [6.07, 6.45) is 6.91. The summed E-state index contributed by atoms with van der Waals surface area (Å²) < 4.78 is 31.4. The van der Waals surface area contributed by atoms with Crippen molar-refractivity contribution in [3.63, 3.8) is 0 Å². The maximum absolute atomic E-state index is 14.0. The van der Waals surface area contributed by atoms with E-state index in [9.17, 15) is 8.42 Å². The summed E-state index contributed by atoms with van der Waals surface area (Å²) in [5.74, 6) is 0. The van der Waals surface area contributed by atoms with Crippen LogP contribution in [-0.2, 0) is 29.7 Å². The van der Waals surface area contributed by atoms with E-state index in [1.165, 1.54) is 0 Å². The number of rotatable bonds is 6. The van der Waals surface area contributed by atoms with Gasteiger partial charge in [-0.3, -0.25) is 0 Å². The summed E-state index contributed by atoms with van der Waals surface area (Å²) in [6.45, 7) is 9.98. The van der Waals surface area contributed by atoms with E-state index in [0.717, 1.165) is 41.8 Å². The van der Waals surface area contributed by atoms with Gasteiger partial charge in [0.1, 0.15) is 0 Å². The molecule has 0 amide bonds. The van der Waals surface area contributed by atoms with Crippen LogP contribution in [0.25, 0.3) is 4.85 Å². The van der Waals surface area contributed by atoms with Crippen molar-refractivity contribution in [2.45, 2.75) is 44.8 Å². The third-order valence-electron chi connectivity index (χ3n) is 6.87. The third-order valence-corrected chi connectivity index (χ3v) is 8.90. The van der Waals surface area contributed by atoms with E-state index in [0.29, 0.717) is 38.3 Å². The molecule has 0 radical (unpaired) electrons. The number of hydrogen-bond donors (Lipinski definition) is 1. The lowest BCUT2D eigenvalue weighted by molar-refractivity contribution is 0.264. The quantitative estimate of drug-likeness (QED) is 0.527. The largest absolute Gasteiger partial charge is 0.364 e. The van der Waals surface area contributed by atoms with E-state index < -0.39 is 10.2 Å². The Morgan fingerprint density at radius 1 is 1.09 bits per heavy atom. The molecule has 1 saturated heterocycles. The minimum Gasteiger partial charge on any atom is -0.364 e. The molecule has 0 unspecified atom stereocenters. The molecule has 2 aliphatic rings. The van der Waals surface area contributed by atoms with Gasteiger partial charge in [0.25, 0.3) is 10.2 Å². The summed E-state index contributed by atoms with van der Waals surface area (Å²) in [5.41, 5.74) is 4.39. The minimum atomic E-state index is -3.68. The van der Waals surface area contributed by atoms with Gasteiger partial charge >= 0.3 is 0 Å². The molecule has 0 aliphatic carbocycles. The summed E-state index contributed by atoms with van der Waals surface area (Å²) in [7, 11) is -3.68. The van der Waals surface area contributed by atoms with Crippen LogP contribution in [0.15, 0.2) is 61.1 Å². The van der Waals surface area contributed by atoms with Gasteiger partial charge in [-0.15, -0.1) is 0 Å². The van der Waals surface area contributed by atoms with Gasteiger partial charge < -0.3 is 9.88 Å². The molecule has 0 bridgehead atoms. The number of imidazole rings is 1. The zero-order valence-electron chi connectivity index (χ0n) is 19.7. The Morgan fingerprint density at radius 3 is 2.60 bits per heavy atom. The fraction of sp³-hybridized carbons (Fsp3) is 0.385. The number of fused-ring (bicyclic) bond motifs is 1. The van der Waals surface area contributed by atoms with Gasteiger partial charge in [0, 0.05) is 44.1 Å². The highest BCUT2D eigenvalue weighted by molar-refractivity contribution is 7.86. The molecule has 1 atom stereocenters. The molecule has 3 heterocycles. The molecule has 1 N–H and O–H groups in total. The van der Waals surface area contributed by atoms with Gasteiger partial charge in [-0.1, -0.05) is 42.8 Å². The van der Waals surface area contributed by atoms with Crippen molar-refractivity contribution in [3.05, 3.63) is 89.3 Å². The van der Waals surface area contributed by atoms with Crippen LogP contribution in [0, 0.1) is 6.57 Å². The molecule has 35 heavy (non-hydrogen) atoms. The highest BCUT2D eigenvalue weighted by Gasteiger charge is 2.39. The highest BCUT2D eigenvalue weighted by atomic mass is 32.2. The summed E-state index contributed by atoms with van der Waals surface area (Å²) in [6, 6.07) is 15.4. The molecular weight excluding hydrogens is 460 g/mol. The van der Waals surface area contributed by atoms with E-state index in [1.54, 1.807) is 21.1 Å². The first-order valence-electron chi connectivity index (χ1n) is 12.1. The molecule has 3 aromatic rings. The van der Waals surface area contributed by atoms with Crippen LogP contribution in [0.2, 0.25) is 0 Å². The monoisotopic (exact) mass is 490 g/mol. The normalized spacial score (nSPS) is 19.6. The predicted molar refractivity (Wildman–Crippen MR) is 136 cm³/mol. The second-order valence-corrected chi connectivity index (χ2v) is 11.1. The fourth-order valence-electron chi connectivity index (χ4n) is 5.11. The number of nitrogens with one attached hydrogen (secondary N) is 1. The van der Waals surface area contributed by atoms with Crippen molar-refractivity contribution in [2.24, 2.45) is 0 Å². The molecule has 1 aromatic heterocycles. The van der Waals surface area contributed by atoms with E-state index in [-0.39, 0.29) is 12.6 Å². The Kier molecular flexibility index (Phi) is 6.86. The van der Waals surface area contributed by atoms with Crippen LogP contribution in [0.1, 0.15) is 36.1 Å². The molecule has 0 saturated carbocycles. The molecule has 5 rings (SSSR count). The van der Waals surface area contributed by atoms with Crippen LogP contribution in [-0.4, -0.2) is 52.7 Å². The van der Waals surface area contributed by atoms with Crippen molar-refractivity contribution >= 4 is 21.6 Å². The maximum Gasteiger partial charge on any atom is 0.282 e. The van der Waals surface area contributed by atoms with Crippen LogP contribution in [0.3, 0.4) is 0 Å². The SMILES string of the molecule is [C-]#[N+]c1ccc2c(c1)CN(S(=O)(=O)N1CCCCC1)[C@H](Cc1ccccc1)CN2Cc1cnc[nH]1. The first kappa shape index (κ1) is 23.5. The zero-order valence-corrected chi connectivity index (χ0v) is 20.5. The molecule has 2 aliphatic heterocycles. The van der Waals surface area contributed by atoms with E-state index in [2.05, 4.69) is 31.8 Å². The number of nitrogens with zero attached hydrogens (tertiary/aromatic N) is 5. The van der Waals surface area contributed by atoms with Crippen LogP contribution < -0.4 is 4.90 Å². The average molecular weight is 491 g/mol. The maximum atomic E-state index is 14.0. The lowest BCUT2D eigenvalue weighted by atomic mass is 10.1. The Hall–Kier alpha value is -3.19. The minimum absolute atomic E-state index is 0.245.